The van der Waals surface area contributed by atoms with E-state index in [1.165, 1.54) is 0 Å². The summed E-state index contributed by atoms with van der Waals surface area (Å²) in [4.78, 5) is 10.6. The van der Waals surface area contributed by atoms with Crippen molar-refractivity contribution in [3.05, 3.63) is 35.9 Å². The van der Waals surface area contributed by atoms with Gasteiger partial charge in [0.15, 0.2) is 5.78 Å². The summed E-state index contributed by atoms with van der Waals surface area (Å²) >= 11 is 4.12. The Kier molecular flexibility index (Phi) is 5.55. The number of carbonyl (C=O) groups is 1. The molecule has 1 aromatic rings. The average molecular weight is 210 g/mol. The number of hydrogen-bond acceptors (Lipinski definition) is 2. The maximum Gasteiger partial charge on any atom is 0.159 e. The van der Waals surface area contributed by atoms with Crippen molar-refractivity contribution in [3.8, 4) is 0 Å². The van der Waals surface area contributed by atoms with Gasteiger partial charge in [-0.2, -0.15) is 12.6 Å². The van der Waals surface area contributed by atoms with Crippen LogP contribution in [0.4, 0.5) is 0 Å². The lowest BCUT2D eigenvalue weighted by Gasteiger charge is -2.04. The second-order valence-electron chi connectivity index (χ2n) is 4.09. The molecule has 0 fully saturated rings. The van der Waals surface area contributed by atoms with Crippen molar-refractivity contribution in [1.82, 2.24) is 0 Å². The lowest BCUT2D eigenvalue weighted by Crippen LogP contribution is -1.99. The van der Waals surface area contributed by atoms with Gasteiger partial charge in [0.05, 0.1) is 0 Å². The van der Waals surface area contributed by atoms with E-state index >= 15 is 0 Å². The van der Waals surface area contributed by atoms with E-state index in [0.29, 0.717) is 0 Å². The molecule has 0 unspecified atom stereocenters. The molecule has 1 rings (SSSR count). The third-order valence-corrected chi connectivity index (χ3v) is 1.18. The van der Waals surface area contributed by atoms with Gasteiger partial charge in [0.25, 0.3) is 0 Å². The fraction of sp³-hybridized carbons (Fsp3) is 0.417. The van der Waals surface area contributed by atoms with E-state index in [9.17, 15) is 4.79 Å². The van der Waals surface area contributed by atoms with Crippen LogP contribution >= 0.6 is 12.6 Å². The summed E-state index contributed by atoms with van der Waals surface area (Å²) in [5.41, 5.74) is 0.775. The number of benzene rings is 1. The summed E-state index contributed by atoms with van der Waals surface area (Å²) in [7, 11) is 0. The maximum atomic E-state index is 10.6. The highest BCUT2D eigenvalue weighted by molar-refractivity contribution is 7.81. The van der Waals surface area contributed by atoms with Gasteiger partial charge in [-0.15, -0.1) is 0 Å². The van der Waals surface area contributed by atoms with E-state index in [-0.39, 0.29) is 10.5 Å². The molecule has 0 saturated heterocycles. The highest BCUT2D eigenvalue weighted by Crippen LogP contribution is 2.07. The molecule has 0 saturated carbocycles. The molecule has 0 spiro atoms. The van der Waals surface area contributed by atoms with Crippen LogP contribution in [-0.2, 0) is 0 Å². The van der Waals surface area contributed by atoms with Crippen LogP contribution in [0.15, 0.2) is 30.3 Å². The van der Waals surface area contributed by atoms with Crippen molar-refractivity contribution in [2.75, 3.05) is 0 Å². The monoisotopic (exact) mass is 210 g/mol. The summed E-state index contributed by atoms with van der Waals surface area (Å²) in [5, 5.41) is 0. The first-order valence-electron chi connectivity index (χ1n) is 4.59. The van der Waals surface area contributed by atoms with Crippen LogP contribution in [0, 0.1) is 0 Å². The van der Waals surface area contributed by atoms with Crippen LogP contribution in [0.5, 0.6) is 0 Å². The highest BCUT2D eigenvalue weighted by atomic mass is 32.1. The number of rotatable bonds is 1. The van der Waals surface area contributed by atoms with E-state index in [2.05, 4.69) is 33.4 Å². The number of carbonyl (C=O) groups excluding carboxylic acids is 1. The first-order valence-corrected chi connectivity index (χ1v) is 5.04. The third kappa shape index (κ3) is 9.33. The molecule has 0 aliphatic carbocycles. The Morgan fingerprint density at radius 2 is 1.50 bits per heavy atom. The Balaban J connectivity index is 0.000000292. The molecular weight excluding hydrogens is 192 g/mol. The molecule has 0 N–H and O–H groups in total. The maximum absolute atomic E-state index is 10.6. The van der Waals surface area contributed by atoms with Crippen LogP contribution in [-0.4, -0.2) is 10.5 Å². The fourth-order valence-corrected chi connectivity index (χ4v) is 0.673. The van der Waals surface area contributed by atoms with Crippen molar-refractivity contribution in [2.45, 2.75) is 32.4 Å². The van der Waals surface area contributed by atoms with Crippen LogP contribution in [0.1, 0.15) is 38.1 Å². The normalized spacial score (nSPS) is 10.1. The van der Waals surface area contributed by atoms with Crippen molar-refractivity contribution >= 4 is 18.4 Å². The van der Waals surface area contributed by atoms with E-state index < -0.39 is 0 Å². The zero-order valence-electron chi connectivity index (χ0n) is 9.24. The summed E-state index contributed by atoms with van der Waals surface area (Å²) in [6, 6.07) is 9.23. The van der Waals surface area contributed by atoms with Gasteiger partial charge < -0.3 is 0 Å². The topological polar surface area (TPSA) is 17.1 Å². The number of thiol groups is 1. The minimum Gasteiger partial charge on any atom is -0.295 e. The summed E-state index contributed by atoms with van der Waals surface area (Å²) in [6.07, 6.45) is 0. The molecule has 0 atom stereocenters. The molecule has 78 valence electrons. The van der Waals surface area contributed by atoms with Gasteiger partial charge >= 0.3 is 0 Å². The Bertz CT molecular complexity index is 266. The Labute approximate surface area is 91.9 Å². The third-order valence-electron chi connectivity index (χ3n) is 1.18. The van der Waals surface area contributed by atoms with Crippen LogP contribution in [0.25, 0.3) is 0 Å². The minimum absolute atomic E-state index is 0.121. The molecule has 0 bridgehead atoms. The van der Waals surface area contributed by atoms with Crippen LogP contribution in [0.3, 0.4) is 0 Å². The quantitative estimate of drug-likeness (QED) is 0.553. The van der Waals surface area contributed by atoms with Gasteiger partial charge in [0, 0.05) is 10.3 Å². The first-order chi connectivity index (χ1) is 6.30. The van der Waals surface area contributed by atoms with E-state index in [4.69, 9.17) is 0 Å². The van der Waals surface area contributed by atoms with E-state index in [1.807, 2.05) is 30.3 Å². The van der Waals surface area contributed by atoms with E-state index in [1.54, 1.807) is 6.92 Å². The van der Waals surface area contributed by atoms with Crippen LogP contribution in [0.2, 0.25) is 0 Å². The van der Waals surface area contributed by atoms with E-state index in [0.717, 1.165) is 5.56 Å². The average Bonchev–Trinajstić information content (AvgIpc) is 2.03. The Hall–Kier alpha value is -0.760. The predicted molar refractivity (Wildman–Crippen MR) is 65.2 cm³/mol. The molecule has 0 heterocycles. The van der Waals surface area contributed by atoms with Gasteiger partial charge in [-0.25, -0.2) is 0 Å². The standard InChI is InChI=1S/C8H8O.C4H10S/c1-7(9)8-5-3-2-4-6-8;1-4(2,3)5/h2-6H,1H3;5H,1-3H3. The fourth-order valence-electron chi connectivity index (χ4n) is 0.673. The van der Waals surface area contributed by atoms with Crippen molar-refractivity contribution in [1.29, 1.82) is 0 Å². The van der Waals surface area contributed by atoms with Gasteiger partial charge in [-0.3, -0.25) is 4.79 Å². The molecular formula is C12H18OS. The molecule has 1 nitrogen and oxygen atoms in total. The predicted octanol–water partition coefficient (Wildman–Crippen LogP) is 3.60. The molecule has 0 aliphatic heterocycles. The lowest BCUT2D eigenvalue weighted by atomic mass is 10.2. The van der Waals surface area contributed by atoms with Crippen molar-refractivity contribution < 1.29 is 4.79 Å². The minimum atomic E-state index is 0.121. The smallest absolute Gasteiger partial charge is 0.159 e. The molecule has 2 heteroatoms. The molecule has 0 aliphatic rings. The van der Waals surface area contributed by atoms with Crippen LogP contribution < -0.4 is 0 Å². The first kappa shape index (κ1) is 13.2. The van der Waals surface area contributed by atoms with Gasteiger partial charge in [-0.1, -0.05) is 51.1 Å². The van der Waals surface area contributed by atoms with Crippen molar-refractivity contribution in [2.24, 2.45) is 0 Å². The van der Waals surface area contributed by atoms with Gasteiger partial charge in [-0.05, 0) is 6.92 Å². The number of hydrogen-bond donors (Lipinski definition) is 1. The Morgan fingerprint density at radius 3 is 1.71 bits per heavy atom. The molecule has 1 aromatic carbocycles. The zero-order chi connectivity index (χ0) is 11.2. The largest absolute Gasteiger partial charge is 0.295 e. The van der Waals surface area contributed by atoms with Crippen molar-refractivity contribution in [3.63, 3.8) is 0 Å². The summed E-state index contributed by atoms with van der Waals surface area (Å²) in [5.74, 6) is 0.121. The number of Topliss-reactive ketones (excluding diaryl/α,β-unsaturated/α-hetero) is 1. The SMILES string of the molecule is CC(=O)c1ccccc1.CC(C)(C)S. The summed E-state index contributed by atoms with van der Waals surface area (Å²) in [6.45, 7) is 7.72. The lowest BCUT2D eigenvalue weighted by molar-refractivity contribution is 0.101. The molecule has 0 amide bonds. The number of ketones is 1. The molecule has 0 radical (unpaired) electrons. The Morgan fingerprint density at radius 1 is 1.14 bits per heavy atom. The zero-order valence-corrected chi connectivity index (χ0v) is 10.1. The highest BCUT2D eigenvalue weighted by Gasteiger charge is 1.96. The second-order valence-corrected chi connectivity index (χ2v) is 5.43. The molecule has 14 heavy (non-hydrogen) atoms. The second kappa shape index (κ2) is 5.86. The van der Waals surface area contributed by atoms with Gasteiger partial charge in [0.1, 0.15) is 0 Å². The van der Waals surface area contributed by atoms with Gasteiger partial charge in [0.2, 0.25) is 0 Å². The summed E-state index contributed by atoms with van der Waals surface area (Å²) < 4.78 is 0.194. The molecule has 0 aromatic heterocycles.